The summed E-state index contributed by atoms with van der Waals surface area (Å²) in [6.07, 6.45) is 2.48. The maximum Gasteiger partial charge on any atom is 0.288 e. The molecule has 0 spiro atoms. The first-order chi connectivity index (χ1) is 9.06. The summed E-state index contributed by atoms with van der Waals surface area (Å²) in [7, 11) is 0. The lowest BCUT2D eigenvalue weighted by atomic mass is 10.1. The molecule has 0 bridgehead atoms. The van der Waals surface area contributed by atoms with Crippen LogP contribution < -0.4 is 10.6 Å². The quantitative estimate of drug-likeness (QED) is 0.656. The van der Waals surface area contributed by atoms with Crippen LogP contribution in [0.25, 0.3) is 0 Å². The second kappa shape index (κ2) is 5.99. The van der Waals surface area contributed by atoms with Gasteiger partial charge in [-0.3, -0.25) is 14.9 Å². The van der Waals surface area contributed by atoms with E-state index in [2.05, 4.69) is 10.6 Å². The van der Waals surface area contributed by atoms with Crippen molar-refractivity contribution in [2.75, 3.05) is 11.9 Å². The molecule has 7 heteroatoms. The van der Waals surface area contributed by atoms with Crippen LogP contribution in [0, 0.1) is 10.1 Å². The minimum atomic E-state index is -0.559. The van der Waals surface area contributed by atoms with E-state index in [0.717, 1.165) is 19.4 Å². The van der Waals surface area contributed by atoms with Crippen LogP contribution in [0.2, 0.25) is 5.02 Å². The van der Waals surface area contributed by atoms with Crippen LogP contribution in [0.5, 0.6) is 0 Å². The molecule has 0 saturated carbocycles. The molecule has 1 fully saturated rings. The Labute approximate surface area is 115 Å². The van der Waals surface area contributed by atoms with E-state index in [1.807, 2.05) is 0 Å². The molecule has 1 aliphatic rings. The van der Waals surface area contributed by atoms with Gasteiger partial charge >= 0.3 is 0 Å². The molecule has 1 heterocycles. The van der Waals surface area contributed by atoms with E-state index in [9.17, 15) is 14.9 Å². The van der Waals surface area contributed by atoms with Crippen molar-refractivity contribution >= 4 is 28.9 Å². The molecule has 0 aliphatic carbocycles. The number of hydrogen-bond acceptors (Lipinski definition) is 4. The fraction of sp³-hybridized carbons (Fsp3) is 0.417. The number of nitrogens with zero attached hydrogens (tertiary/aromatic N) is 1. The number of nitro benzene ring substituents is 1. The summed E-state index contributed by atoms with van der Waals surface area (Å²) < 4.78 is 0. The average molecular weight is 284 g/mol. The molecular formula is C12H14ClN3O3. The zero-order valence-electron chi connectivity index (χ0n) is 10.2. The molecule has 2 rings (SSSR count). The Bertz CT molecular complexity index is 501. The molecule has 2 N–H and O–H groups in total. The van der Waals surface area contributed by atoms with Crippen LogP contribution in [-0.2, 0) is 4.79 Å². The van der Waals surface area contributed by atoms with Crippen LogP contribution in [0.4, 0.5) is 11.4 Å². The van der Waals surface area contributed by atoms with E-state index in [0.29, 0.717) is 12.1 Å². The summed E-state index contributed by atoms with van der Waals surface area (Å²) in [6, 6.07) is 4.36. The first-order valence-electron chi connectivity index (χ1n) is 6.03. The smallest absolute Gasteiger partial charge is 0.288 e. The first kappa shape index (κ1) is 13.8. The molecule has 1 atom stereocenters. The molecule has 6 nitrogen and oxygen atoms in total. The van der Waals surface area contributed by atoms with Gasteiger partial charge < -0.3 is 10.6 Å². The van der Waals surface area contributed by atoms with Crippen molar-refractivity contribution in [1.29, 1.82) is 0 Å². The Morgan fingerprint density at radius 2 is 2.37 bits per heavy atom. The molecule has 1 aromatic carbocycles. The predicted molar refractivity (Wildman–Crippen MR) is 72.4 cm³/mol. The van der Waals surface area contributed by atoms with Crippen LogP contribution in [0.3, 0.4) is 0 Å². The van der Waals surface area contributed by atoms with Crippen molar-refractivity contribution in [3.8, 4) is 0 Å². The fourth-order valence-corrected chi connectivity index (χ4v) is 2.35. The molecule has 0 radical (unpaired) electrons. The molecular weight excluding hydrogens is 270 g/mol. The third-order valence-electron chi connectivity index (χ3n) is 3.02. The van der Waals surface area contributed by atoms with E-state index < -0.39 is 4.92 Å². The number of hydrogen-bond donors (Lipinski definition) is 2. The summed E-state index contributed by atoms with van der Waals surface area (Å²) in [5.74, 6) is -0.121. The Morgan fingerprint density at radius 3 is 2.95 bits per heavy atom. The minimum Gasteiger partial charge on any atom is -0.326 e. The topological polar surface area (TPSA) is 84.3 Å². The van der Waals surface area contributed by atoms with Crippen LogP contribution in [-0.4, -0.2) is 23.4 Å². The summed E-state index contributed by atoms with van der Waals surface area (Å²) in [5, 5.41) is 16.5. The van der Waals surface area contributed by atoms with Gasteiger partial charge in [-0.2, -0.15) is 0 Å². The van der Waals surface area contributed by atoms with Gasteiger partial charge in [0.1, 0.15) is 5.02 Å². The number of anilines is 1. The van der Waals surface area contributed by atoms with Crippen molar-refractivity contribution in [2.24, 2.45) is 0 Å². The monoisotopic (exact) mass is 283 g/mol. The molecule has 1 amide bonds. The fourth-order valence-electron chi connectivity index (χ4n) is 2.10. The zero-order valence-corrected chi connectivity index (χ0v) is 10.9. The number of carbonyl (C=O) groups is 1. The lowest BCUT2D eigenvalue weighted by molar-refractivity contribution is -0.384. The zero-order chi connectivity index (χ0) is 13.8. The van der Waals surface area contributed by atoms with Crippen molar-refractivity contribution in [3.05, 3.63) is 33.3 Å². The molecule has 1 saturated heterocycles. The van der Waals surface area contributed by atoms with Crippen molar-refractivity contribution in [1.82, 2.24) is 5.32 Å². The van der Waals surface area contributed by atoms with Gasteiger partial charge in [0.05, 0.1) is 4.92 Å². The van der Waals surface area contributed by atoms with E-state index in [4.69, 9.17) is 11.6 Å². The average Bonchev–Trinajstić information content (AvgIpc) is 2.81. The minimum absolute atomic E-state index is 0.0155. The number of rotatable bonds is 4. The number of nitro groups is 1. The molecule has 1 aliphatic heterocycles. The normalized spacial score (nSPS) is 18.3. The second-order valence-corrected chi connectivity index (χ2v) is 4.88. The number of carbonyl (C=O) groups excluding carboxylic acids is 1. The second-order valence-electron chi connectivity index (χ2n) is 4.47. The van der Waals surface area contributed by atoms with Gasteiger partial charge in [-0.15, -0.1) is 0 Å². The van der Waals surface area contributed by atoms with Gasteiger partial charge in [-0.05, 0) is 31.5 Å². The highest BCUT2D eigenvalue weighted by Gasteiger charge is 2.18. The number of halogens is 1. The van der Waals surface area contributed by atoms with E-state index in [-0.39, 0.29) is 22.7 Å². The third kappa shape index (κ3) is 3.65. The van der Waals surface area contributed by atoms with Gasteiger partial charge in [0.25, 0.3) is 5.69 Å². The van der Waals surface area contributed by atoms with Crippen molar-refractivity contribution < 1.29 is 9.72 Å². The van der Waals surface area contributed by atoms with Gasteiger partial charge in [-0.25, -0.2) is 0 Å². The standard InChI is InChI=1S/C12H14ClN3O3/c13-10-6-9(3-4-11(10)16(18)19)15-12(17)7-8-2-1-5-14-8/h3-4,6,8,14H,1-2,5,7H2,(H,15,17). The van der Waals surface area contributed by atoms with Gasteiger partial charge in [-0.1, -0.05) is 11.6 Å². The maximum absolute atomic E-state index is 11.8. The molecule has 1 aromatic rings. The molecule has 0 aromatic heterocycles. The van der Waals surface area contributed by atoms with E-state index >= 15 is 0 Å². The van der Waals surface area contributed by atoms with Crippen molar-refractivity contribution in [2.45, 2.75) is 25.3 Å². The Hall–Kier alpha value is -1.66. The van der Waals surface area contributed by atoms with Crippen LogP contribution >= 0.6 is 11.6 Å². The van der Waals surface area contributed by atoms with Gasteiger partial charge in [0, 0.05) is 24.2 Å². The number of nitrogens with one attached hydrogen (secondary N) is 2. The molecule has 102 valence electrons. The Balaban J connectivity index is 1.96. The summed E-state index contributed by atoms with van der Waals surface area (Å²) in [5.41, 5.74) is 0.302. The molecule has 19 heavy (non-hydrogen) atoms. The lowest BCUT2D eigenvalue weighted by Gasteiger charge is -2.10. The highest BCUT2D eigenvalue weighted by molar-refractivity contribution is 6.33. The third-order valence-corrected chi connectivity index (χ3v) is 3.33. The first-order valence-corrected chi connectivity index (χ1v) is 6.41. The highest BCUT2D eigenvalue weighted by Crippen LogP contribution is 2.27. The maximum atomic E-state index is 11.8. The number of benzene rings is 1. The van der Waals surface area contributed by atoms with Crippen LogP contribution in [0.15, 0.2) is 18.2 Å². The summed E-state index contributed by atoms with van der Waals surface area (Å²) in [6.45, 7) is 0.946. The van der Waals surface area contributed by atoms with Gasteiger partial charge in [0.15, 0.2) is 0 Å². The van der Waals surface area contributed by atoms with E-state index in [1.165, 1.54) is 18.2 Å². The van der Waals surface area contributed by atoms with Crippen molar-refractivity contribution in [3.63, 3.8) is 0 Å². The van der Waals surface area contributed by atoms with Crippen LogP contribution in [0.1, 0.15) is 19.3 Å². The molecule has 1 unspecified atom stereocenters. The Morgan fingerprint density at radius 1 is 1.58 bits per heavy atom. The number of amides is 1. The van der Waals surface area contributed by atoms with E-state index in [1.54, 1.807) is 0 Å². The summed E-state index contributed by atoms with van der Waals surface area (Å²) >= 11 is 5.77. The predicted octanol–water partition coefficient (Wildman–Crippen LogP) is 2.33. The SMILES string of the molecule is O=C(CC1CCCN1)Nc1ccc([N+](=O)[O-])c(Cl)c1. The Kier molecular flexibility index (Phi) is 4.34. The largest absolute Gasteiger partial charge is 0.326 e. The lowest BCUT2D eigenvalue weighted by Crippen LogP contribution is -2.27. The highest BCUT2D eigenvalue weighted by atomic mass is 35.5. The summed E-state index contributed by atoms with van der Waals surface area (Å²) in [4.78, 5) is 21.8. The van der Waals surface area contributed by atoms with Gasteiger partial charge in [0.2, 0.25) is 5.91 Å².